The molecule has 1 N–H and O–H groups in total. The summed E-state index contributed by atoms with van der Waals surface area (Å²) in [6.07, 6.45) is -0.167. The minimum Gasteiger partial charge on any atom is -1.00 e. The van der Waals surface area contributed by atoms with E-state index in [4.69, 9.17) is 14.7 Å². The zero-order valence-corrected chi connectivity index (χ0v) is 6.52. The zero-order chi connectivity index (χ0) is 4.28. The summed E-state index contributed by atoms with van der Waals surface area (Å²) in [6, 6.07) is 0. The van der Waals surface area contributed by atoms with Crippen LogP contribution in [0.25, 0.3) is 0 Å². The topological polar surface area (TPSA) is 54.4 Å². The standard InChI is InChI=1S/C2H2O3.Sr.2H/c3-1-2(4)5;;;/h1H,(H,4,5);;;/q;+2;2*-1. The summed E-state index contributed by atoms with van der Waals surface area (Å²) in [4.78, 5) is 17.9. The Hall–Kier alpha value is 0.621. The third kappa shape index (κ3) is 8.82. The van der Waals surface area contributed by atoms with Gasteiger partial charge in [0.2, 0.25) is 6.29 Å². The molecule has 0 aromatic rings. The minimum absolute atomic E-state index is 0. The Morgan fingerprint density at radius 3 is 2.00 bits per heavy atom. The van der Waals surface area contributed by atoms with Gasteiger partial charge < -0.3 is 7.96 Å². The molecule has 0 aliphatic carbocycles. The maximum Gasteiger partial charge on any atom is 2.00 e. The molecule has 0 aliphatic rings. The molecular formula is C2H4O3Sr. The predicted octanol–water partition coefficient (Wildman–Crippen LogP) is -0.886. The average molecular weight is 164 g/mol. The summed E-state index contributed by atoms with van der Waals surface area (Å²) < 4.78 is 0. The second-order valence-electron chi connectivity index (χ2n) is 0.456. The molecule has 0 aliphatic heterocycles. The number of aldehydes is 1. The third-order valence-electron chi connectivity index (χ3n) is 0.101. The van der Waals surface area contributed by atoms with Crippen molar-refractivity contribution in [3.63, 3.8) is 0 Å². The molecule has 0 rings (SSSR count). The molecule has 0 spiro atoms. The molecule has 32 valence electrons. The van der Waals surface area contributed by atoms with E-state index in [1.54, 1.807) is 0 Å². The van der Waals surface area contributed by atoms with Gasteiger partial charge in [-0.1, -0.05) is 0 Å². The first-order valence-corrected chi connectivity index (χ1v) is 0.952. The molecule has 0 bridgehead atoms. The second-order valence-corrected chi connectivity index (χ2v) is 0.456. The van der Waals surface area contributed by atoms with Crippen molar-refractivity contribution in [2.24, 2.45) is 0 Å². The molecule has 6 heavy (non-hydrogen) atoms. The summed E-state index contributed by atoms with van der Waals surface area (Å²) in [6.45, 7) is 0. The van der Waals surface area contributed by atoms with Crippen LogP contribution in [0.4, 0.5) is 0 Å². The Morgan fingerprint density at radius 2 is 2.00 bits per heavy atom. The molecule has 0 aromatic heterocycles. The largest absolute Gasteiger partial charge is 2.00 e. The van der Waals surface area contributed by atoms with Gasteiger partial charge in [0, 0.05) is 0 Å². The van der Waals surface area contributed by atoms with Crippen molar-refractivity contribution >= 4 is 57.7 Å². The molecule has 0 saturated heterocycles. The van der Waals surface area contributed by atoms with Crippen molar-refractivity contribution in [2.45, 2.75) is 0 Å². The van der Waals surface area contributed by atoms with E-state index in [9.17, 15) is 0 Å². The number of hydrogen-bond donors (Lipinski definition) is 1. The van der Waals surface area contributed by atoms with Gasteiger partial charge in [-0.15, -0.1) is 0 Å². The van der Waals surface area contributed by atoms with Gasteiger partial charge in [-0.25, -0.2) is 4.79 Å². The number of carboxylic acid groups (broad SMARTS) is 1. The molecule has 0 unspecified atom stereocenters. The van der Waals surface area contributed by atoms with E-state index in [-0.39, 0.29) is 54.6 Å². The van der Waals surface area contributed by atoms with Crippen molar-refractivity contribution in [1.82, 2.24) is 0 Å². The third-order valence-corrected chi connectivity index (χ3v) is 0.101. The molecular weight excluding hydrogens is 160 g/mol. The first-order valence-electron chi connectivity index (χ1n) is 0.952. The molecule has 0 aromatic carbocycles. The number of carboxylic acids is 1. The molecule has 0 fully saturated rings. The first-order chi connectivity index (χ1) is 2.27. The Balaban J connectivity index is -0.0000000267. The van der Waals surface area contributed by atoms with Crippen LogP contribution in [0.3, 0.4) is 0 Å². The van der Waals surface area contributed by atoms with Crippen LogP contribution in [0.2, 0.25) is 0 Å². The van der Waals surface area contributed by atoms with E-state index in [0.717, 1.165) is 0 Å². The van der Waals surface area contributed by atoms with Gasteiger partial charge in [0.15, 0.2) is 0 Å². The van der Waals surface area contributed by atoms with Gasteiger partial charge >= 0.3 is 51.5 Å². The van der Waals surface area contributed by atoms with Gasteiger partial charge in [0.1, 0.15) is 0 Å². The first kappa shape index (κ1) is 9.80. The molecule has 0 amide bonds. The summed E-state index contributed by atoms with van der Waals surface area (Å²) in [5.74, 6) is -1.43. The van der Waals surface area contributed by atoms with E-state index in [1.807, 2.05) is 0 Å². The van der Waals surface area contributed by atoms with Crippen molar-refractivity contribution in [3.8, 4) is 0 Å². The van der Waals surface area contributed by atoms with Gasteiger partial charge in [0.25, 0.3) is 0 Å². The van der Waals surface area contributed by atoms with E-state index < -0.39 is 5.97 Å². The van der Waals surface area contributed by atoms with Crippen LogP contribution in [0, 0.1) is 0 Å². The van der Waals surface area contributed by atoms with Crippen LogP contribution in [-0.4, -0.2) is 62.8 Å². The van der Waals surface area contributed by atoms with Crippen molar-refractivity contribution in [1.29, 1.82) is 0 Å². The summed E-state index contributed by atoms with van der Waals surface area (Å²) in [7, 11) is 0. The summed E-state index contributed by atoms with van der Waals surface area (Å²) in [5.41, 5.74) is 0. The molecule has 4 heteroatoms. The smallest absolute Gasteiger partial charge is 1.00 e. The number of rotatable bonds is 1. The Labute approximate surface area is 74.6 Å². The number of carbonyl (C=O) groups excluding carboxylic acids is 1. The van der Waals surface area contributed by atoms with Gasteiger partial charge in [-0.3, -0.25) is 4.79 Å². The van der Waals surface area contributed by atoms with Crippen LogP contribution < -0.4 is 0 Å². The van der Waals surface area contributed by atoms with E-state index >= 15 is 0 Å². The van der Waals surface area contributed by atoms with Gasteiger partial charge in [0.05, 0.1) is 0 Å². The normalized spacial score (nSPS) is 5.33. The fraction of sp³-hybridized carbons (Fsp3) is 0. The van der Waals surface area contributed by atoms with E-state index in [1.165, 1.54) is 0 Å². The molecule has 0 radical (unpaired) electrons. The quantitative estimate of drug-likeness (QED) is 0.310. The average Bonchev–Trinajstić information content (AvgIpc) is 1.38. The molecule has 0 saturated carbocycles. The number of hydrogen-bond acceptors (Lipinski definition) is 2. The molecule has 0 heterocycles. The number of aliphatic carboxylic acids is 1. The maximum absolute atomic E-state index is 9.00. The van der Waals surface area contributed by atoms with Crippen LogP contribution in [0.5, 0.6) is 0 Å². The summed E-state index contributed by atoms with van der Waals surface area (Å²) in [5, 5.41) is 7.35. The Morgan fingerprint density at radius 1 is 1.83 bits per heavy atom. The predicted molar refractivity (Wildman–Crippen MR) is 21.7 cm³/mol. The second kappa shape index (κ2) is 5.62. The van der Waals surface area contributed by atoms with Crippen LogP contribution >= 0.6 is 0 Å². The van der Waals surface area contributed by atoms with Crippen molar-refractivity contribution < 1.29 is 17.5 Å². The van der Waals surface area contributed by atoms with E-state index in [0.29, 0.717) is 0 Å². The Kier molecular flexibility index (Phi) is 9.18. The molecule has 0 atom stereocenters. The fourth-order valence-corrected chi connectivity index (χ4v) is 0. The summed E-state index contributed by atoms with van der Waals surface area (Å²) >= 11 is 0. The van der Waals surface area contributed by atoms with Gasteiger partial charge in [-0.05, 0) is 0 Å². The minimum atomic E-state index is -1.43. The molecule has 3 nitrogen and oxygen atoms in total. The van der Waals surface area contributed by atoms with Gasteiger partial charge in [-0.2, -0.15) is 0 Å². The SMILES string of the molecule is O=CC(=O)O.[H-].[H-].[Sr+2]. The van der Waals surface area contributed by atoms with Crippen molar-refractivity contribution in [3.05, 3.63) is 0 Å². The van der Waals surface area contributed by atoms with Crippen LogP contribution in [-0.2, 0) is 9.59 Å². The van der Waals surface area contributed by atoms with Crippen LogP contribution in [0.1, 0.15) is 2.85 Å². The monoisotopic (exact) mass is 164 g/mol. The zero-order valence-electron chi connectivity index (χ0n) is 5.05. The van der Waals surface area contributed by atoms with Crippen LogP contribution in [0.15, 0.2) is 0 Å². The maximum atomic E-state index is 9.00. The fourth-order valence-electron chi connectivity index (χ4n) is 0. The van der Waals surface area contributed by atoms with Crippen molar-refractivity contribution in [2.75, 3.05) is 0 Å². The number of carbonyl (C=O) groups is 2. The Bertz CT molecular complexity index is 66.3. The van der Waals surface area contributed by atoms with E-state index in [2.05, 4.69) is 0 Å².